The minimum absolute atomic E-state index is 0.253. The van der Waals surface area contributed by atoms with Crippen molar-refractivity contribution in [3.8, 4) is 0 Å². The van der Waals surface area contributed by atoms with Crippen molar-refractivity contribution in [2.24, 2.45) is 5.73 Å². The quantitative estimate of drug-likeness (QED) is 0.671. The Labute approximate surface area is 69.2 Å². The Morgan fingerprint density at radius 2 is 2.36 bits per heavy atom. The highest BCUT2D eigenvalue weighted by molar-refractivity contribution is 6.16. The second kappa shape index (κ2) is 3.34. The molecule has 1 heterocycles. The summed E-state index contributed by atoms with van der Waals surface area (Å²) in [6, 6.07) is 4.99. The first-order valence-electron chi connectivity index (χ1n) is 3.05. The standard InChI is InChI=1S/C7H7ClN2O/c8-4-5-2-1-3-6(10-5)7(9)11/h1-3H,4H2,(H2,9,11). The molecule has 0 aliphatic carbocycles. The number of primary amides is 1. The van der Waals surface area contributed by atoms with Crippen molar-refractivity contribution in [1.29, 1.82) is 0 Å². The molecule has 3 nitrogen and oxygen atoms in total. The van der Waals surface area contributed by atoms with Gasteiger partial charge in [0.2, 0.25) is 0 Å². The number of nitrogens with zero attached hydrogens (tertiary/aromatic N) is 1. The van der Waals surface area contributed by atoms with Crippen molar-refractivity contribution in [3.05, 3.63) is 29.6 Å². The third kappa shape index (κ3) is 1.91. The van der Waals surface area contributed by atoms with Crippen LogP contribution in [0.5, 0.6) is 0 Å². The van der Waals surface area contributed by atoms with Gasteiger partial charge in [0.25, 0.3) is 5.91 Å². The smallest absolute Gasteiger partial charge is 0.267 e. The van der Waals surface area contributed by atoms with Crippen LogP contribution in [-0.2, 0) is 5.88 Å². The van der Waals surface area contributed by atoms with Crippen LogP contribution in [0.4, 0.5) is 0 Å². The second-order valence-corrected chi connectivity index (χ2v) is 2.28. The number of hydrogen-bond donors (Lipinski definition) is 1. The fraction of sp³-hybridized carbons (Fsp3) is 0.143. The summed E-state index contributed by atoms with van der Waals surface area (Å²) >= 11 is 5.49. The largest absolute Gasteiger partial charge is 0.364 e. The highest BCUT2D eigenvalue weighted by Crippen LogP contribution is 2.01. The van der Waals surface area contributed by atoms with Crippen LogP contribution in [0.3, 0.4) is 0 Å². The lowest BCUT2D eigenvalue weighted by molar-refractivity contribution is 0.0995. The Morgan fingerprint density at radius 3 is 2.91 bits per heavy atom. The van der Waals surface area contributed by atoms with Crippen molar-refractivity contribution >= 4 is 17.5 Å². The molecule has 0 fully saturated rings. The lowest BCUT2D eigenvalue weighted by Crippen LogP contribution is -2.13. The Kier molecular flexibility index (Phi) is 2.44. The van der Waals surface area contributed by atoms with E-state index in [4.69, 9.17) is 17.3 Å². The first-order valence-corrected chi connectivity index (χ1v) is 3.59. The van der Waals surface area contributed by atoms with Crippen LogP contribution in [0.2, 0.25) is 0 Å². The van der Waals surface area contributed by atoms with Crippen LogP contribution in [0.15, 0.2) is 18.2 Å². The van der Waals surface area contributed by atoms with Gasteiger partial charge in [0, 0.05) is 0 Å². The lowest BCUT2D eigenvalue weighted by Gasteiger charge is -1.96. The second-order valence-electron chi connectivity index (χ2n) is 2.01. The highest BCUT2D eigenvalue weighted by Gasteiger charge is 2.00. The van der Waals surface area contributed by atoms with Crippen molar-refractivity contribution in [2.45, 2.75) is 5.88 Å². The van der Waals surface area contributed by atoms with Crippen LogP contribution in [0.25, 0.3) is 0 Å². The summed E-state index contributed by atoms with van der Waals surface area (Å²) in [5, 5.41) is 0. The molecule has 0 saturated carbocycles. The minimum Gasteiger partial charge on any atom is -0.364 e. The van der Waals surface area contributed by atoms with Gasteiger partial charge in [-0.15, -0.1) is 11.6 Å². The predicted octanol–water partition coefficient (Wildman–Crippen LogP) is 0.919. The molecule has 1 rings (SSSR count). The molecule has 0 unspecified atom stereocenters. The first kappa shape index (κ1) is 8.01. The monoisotopic (exact) mass is 170 g/mol. The summed E-state index contributed by atoms with van der Waals surface area (Å²) in [7, 11) is 0. The summed E-state index contributed by atoms with van der Waals surface area (Å²) in [6.07, 6.45) is 0. The SMILES string of the molecule is NC(=O)c1cccc(CCl)n1. The lowest BCUT2D eigenvalue weighted by atomic mass is 10.3. The molecule has 0 spiro atoms. The average molecular weight is 171 g/mol. The Balaban J connectivity index is 3.01. The summed E-state index contributed by atoms with van der Waals surface area (Å²) in [5.74, 6) is -0.238. The maximum atomic E-state index is 10.6. The first-order chi connectivity index (χ1) is 5.24. The number of pyridine rings is 1. The summed E-state index contributed by atoms with van der Waals surface area (Å²) < 4.78 is 0. The summed E-state index contributed by atoms with van der Waals surface area (Å²) in [6.45, 7) is 0. The van der Waals surface area contributed by atoms with Gasteiger partial charge in [-0.05, 0) is 12.1 Å². The van der Waals surface area contributed by atoms with Gasteiger partial charge in [-0.25, -0.2) is 4.98 Å². The zero-order valence-electron chi connectivity index (χ0n) is 5.75. The van der Waals surface area contributed by atoms with E-state index in [1.807, 2.05) is 0 Å². The normalized spacial score (nSPS) is 9.55. The average Bonchev–Trinajstić information content (AvgIpc) is 2.05. The van der Waals surface area contributed by atoms with Gasteiger partial charge in [-0.1, -0.05) is 6.07 Å². The number of rotatable bonds is 2. The van der Waals surface area contributed by atoms with E-state index in [0.29, 0.717) is 11.6 Å². The number of hydrogen-bond acceptors (Lipinski definition) is 2. The van der Waals surface area contributed by atoms with Crippen LogP contribution >= 0.6 is 11.6 Å². The predicted molar refractivity (Wildman–Crippen MR) is 42.3 cm³/mol. The van der Waals surface area contributed by atoms with Gasteiger partial charge in [0.15, 0.2) is 0 Å². The van der Waals surface area contributed by atoms with Gasteiger partial charge in [0.05, 0.1) is 11.6 Å². The third-order valence-electron chi connectivity index (χ3n) is 1.20. The van der Waals surface area contributed by atoms with Gasteiger partial charge in [-0.3, -0.25) is 4.79 Å². The molecule has 1 aromatic rings. The van der Waals surface area contributed by atoms with E-state index in [-0.39, 0.29) is 5.69 Å². The molecule has 0 aromatic carbocycles. The van der Waals surface area contributed by atoms with E-state index >= 15 is 0 Å². The van der Waals surface area contributed by atoms with Crippen molar-refractivity contribution in [1.82, 2.24) is 4.98 Å². The summed E-state index contributed by atoms with van der Waals surface area (Å²) in [5.41, 5.74) is 5.90. The van der Waals surface area contributed by atoms with Crippen LogP contribution in [0.1, 0.15) is 16.2 Å². The van der Waals surface area contributed by atoms with Crippen LogP contribution in [-0.4, -0.2) is 10.9 Å². The molecular formula is C7H7ClN2O. The third-order valence-corrected chi connectivity index (χ3v) is 1.47. The zero-order valence-corrected chi connectivity index (χ0v) is 6.51. The number of aromatic nitrogens is 1. The van der Waals surface area contributed by atoms with E-state index < -0.39 is 5.91 Å². The van der Waals surface area contributed by atoms with Crippen molar-refractivity contribution < 1.29 is 4.79 Å². The highest BCUT2D eigenvalue weighted by atomic mass is 35.5. The maximum Gasteiger partial charge on any atom is 0.267 e. The minimum atomic E-state index is -0.531. The molecule has 0 atom stereocenters. The Bertz CT molecular complexity index is 275. The molecule has 11 heavy (non-hydrogen) atoms. The molecule has 0 saturated heterocycles. The van der Waals surface area contributed by atoms with Gasteiger partial charge in [0.1, 0.15) is 5.69 Å². The fourth-order valence-electron chi connectivity index (χ4n) is 0.691. The fourth-order valence-corrected chi connectivity index (χ4v) is 0.840. The van der Waals surface area contributed by atoms with Crippen LogP contribution < -0.4 is 5.73 Å². The molecule has 4 heteroatoms. The van der Waals surface area contributed by atoms with E-state index in [9.17, 15) is 4.79 Å². The molecule has 0 bridgehead atoms. The molecule has 0 aliphatic heterocycles. The molecule has 1 amide bonds. The number of halogens is 1. The van der Waals surface area contributed by atoms with E-state index in [2.05, 4.69) is 4.98 Å². The number of alkyl halides is 1. The zero-order chi connectivity index (χ0) is 8.27. The van der Waals surface area contributed by atoms with E-state index in [1.165, 1.54) is 0 Å². The molecule has 58 valence electrons. The number of carbonyl (C=O) groups excluding carboxylic acids is 1. The molecule has 2 N–H and O–H groups in total. The number of carbonyl (C=O) groups is 1. The van der Waals surface area contributed by atoms with Crippen molar-refractivity contribution in [2.75, 3.05) is 0 Å². The molecule has 1 aromatic heterocycles. The van der Waals surface area contributed by atoms with Gasteiger partial charge in [-0.2, -0.15) is 0 Å². The van der Waals surface area contributed by atoms with Gasteiger partial charge >= 0.3 is 0 Å². The van der Waals surface area contributed by atoms with Gasteiger partial charge < -0.3 is 5.73 Å². The molecule has 0 aliphatic rings. The molecular weight excluding hydrogens is 164 g/mol. The Morgan fingerprint density at radius 1 is 1.64 bits per heavy atom. The van der Waals surface area contributed by atoms with E-state index in [1.54, 1.807) is 18.2 Å². The van der Waals surface area contributed by atoms with Crippen molar-refractivity contribution in [3.63, 3.8) is 0 Å². The maximum absolute atomic E-state index is 10.6. The van der Waals surface area contributed by atoms with Crippen LogP contribution in [0, 0.1) is 0 Å². The number of amides is 1. The molecule has 0 radical (unpaired) electrons. The van der Waals surface area contributed by atoms with E-state index in [0.717, 1.165) is 0 Å². The summed E-state index contributed by atoms with van der Waals surface area (Å²) in [4.78, 5) is 14.5. The topological polar surface area (TPSA) is 56.0 Å². The Hall–Kier alpha value is -1.09. The number of nitrogens with two attached hydrogens (primary N) is 1.